The fourth-order valence-corrected chi connectivity index (χ4v) is 2.49. The van der Waals surface area contributed by atoms with E-state index in [2.05, 4.69) is 10.3 Å². The monoisotopic (exact) mass is 290 g/mol. The van der Waals surface area contributed by atoms with E-state index >= 15 is 0 Å². The second-order valence-corrected chi connectivity index (χ2v) is 4.98. The third-order valence-corrected chi connectivity index (χ3v) is 3.60. The summed E-state index contributed by atoms with van der Waals surface area (Å²) in [5.41, 5.74) is 2.16. The first kappa shape index (κ1) is 15.6. The van der Waals surface area contributed by atoms with Gasteiger partial charge < -0.3 is 5.32 Å². The summed E-state index contributed by atoms with van der Waals surface area (Å²) in [6.07, 6.45) is 2.42. The predicted octanol–water partition coefficient (Wildman–Crippen LogP) is 3.93. The second-order valence-electron chi connectivity index (χ2n) is 4.98. The molecule has 2 rings (SSSR count). The van der Waals surface area contributed by atoms with Gasteiger partial charge in [-0.1, -0.05) is 26.0 Å². The number of halogens is 2. The van der Waals surface area contributed by atoms with Crippen molar-refractivity contribution in [2.75, 3.05) is 6.54 Å². The summed E-state index contributed by atoms with van der Waals surface area (Å²) in [4.78, 5) is 4.36. The molecule has 1 heterocycles. The van der Waals surface area contributed by atoms with E-state index in [0.29, 0.717) is 17.8 Å². The number of aromatic nitrogens is 1. The van der Waals surface area contributed by atoms with Crippen LogP contribution in [-0.4, -0.2) is 11.5 Å². The van der Waals surface area contributed by atoms with E-state index in [1.807, 2.05) is 26.0 Å². The molecule has 0 aliphatic carbocycles. The van der Waals surface area contributed by atoms with Crippen molar-refractivity contribution in [1.29, 1.82) is 0 Å². The van der Waals surface area contributed by atoms with Crippen LogP contribution in [0.5, 0.6) is 0 Å². The highest BCUT2D eigenvalue weighted by Gasteiger charge is 2.25. The molecule has 2 nitrogen and oxygen atoms in total. The molecule has 21 heavy (non-hydrogen) atoms. The molecule has 1 aromatic carbocycles. The molecule has 0 saturated carbocycles. The zero-order valence-corrected chi connectivity index (χ0v) is 12.6. The molecule has 2 aromatic rings. The maximum absolute atomic E-state index is 14.4. The molecule has 1 aromatic heterocycles. The van der Waals surface area contributed by atoms with Crippen LogP contribution in [0.2, 0.25) is 0 Å². The van der Waals surface area contributed by atoms with Gasteiger partial charge in [0.25, 0.3) is 0 Å². The Morgan fingerprint density at radius 2 is 1.95 bits per heavy atom. The Kier molecular flexibility index (Phi) is 5.02. The molecule has 0 aliphatic rings. The average Bonchev–Trinajstić information content (AvgIpc) is 2.50. The van der Waals surface area contributed by atoms with Gasteiger partial charge in [-0.15, -0.1) is 0 Å². The smallest absolute Gasteiger partial charge is 0.134 e. The fraction of sp³-hybridized carbons (Fsp3) is 0.353. The maximum atomic E-state index is 14.4. The highest BCUT2D eigenvalue weighted by atomic mass is 19.1. The third kappa shape index (κ3) is 3.10. The van der Waals surface area contributed by atoms with Crippen molar-refractivity contribution in [2.24, 2.45) is 0 Å². The minimum Gasteiger partial charge on any atom is -0.305 e. The number of pyridine rings is 1. The van der Waals surface area contributed by atoms with Crippen LogP contribution in [0.25, 0.3) is 0 Å². The van der Waals surface area contributed by atoms with E-state index in [9.17, 15) is 8.78 Å². The summed E-state index contributed by atoms with van der Waals surface area (Å²) in [6.45, 7) is 6.15. The summed E-state index contributed by atoms with van der Waals surface area (Å²) in [6, 6.07) is 5.97. The minimum atomic E-state index is -0.578. The Hall–Kier alpha value is -1.81. The molecule has 1 atom stereocenters. The first-order valence-corrected chi connectivity index (χ1v) is 7.21. The zero-order chi connectivity index (χ0) is 15.4. The van der Waals surface area contributed by atoms with Gasteiger partial charge in [-0.3, -0.25) is 4.98 Å². The van der Waals surface area contributed by atoms with E-state index in [4.69, 9.17) is 0 Å². The molecule has 0 bridgehead atoms. The van der Waals surface area contributed by atoms with Crippen molar-refractivity contribution in [3.63, 3.8) is 0 Å². The Morgan fingerprint density at radius 1 is 1.19 bits per heavy atom. The number of nitrogens with zero attached hydrogens (tertiary/aromatic N) is 1. The third-order valence-electron chi connectivity index (χ3n) is 3.60. The van der Waals surface area contributed by atoms with E-state index in [0.717, 1.165) is 12.0 Å². The van der Waals surface area contributed by atoms with Gasteiger partial charge in [0.05, 0.1) is 11.7 Å². The number of hydrogen-bond acceptors (Lipinski definition) is 2. The molecule has 0 amide bonds. The van der Waals surface area contributed by atoms with Gasteiger partial charge in [0, 0.05) is 11.8 Å². The van der Waals surface area contributed by atoms with Crippen molar-refractivity contribution in [1.82, 2.24) is 10.3 Å². The molecule has 0 saturated heterocycles. The Morgan fingerprint density at radius 3 is 2.62 bits per heavy atom. The Balaban J connectivity index is 2.62. The van der Waals surface area contributed by atoms with Gasteiger partial charge in [0.2, 0.25) is 0 Å². The molecular formula is C17H20F2N2. The van der Waals surface area contributed by atoms with Crippen molar-refractivity contribution in [2.45, 2.75) is 33.2 Å². The van der Waals surface area contributed by atoms with Gasteiger partial charge in [0.15, 0.2) is 0 Å². The molecule has 4 heteroatoms. The summed E-state index contributed by atoms with van der Waals surface area (Å²) in [5, 5.41) is 3.16. The van der Waals surface area contributed by atoms with Crippen LogP contribution in [-0.2, 0) is 6.42 Å². The van der Waals surface area contributed by atoms with E-state index in [-0.39, 0.29) is 5.56 Å². The van der Waals surface area contributed by atoms with Gasteiger partial charge in [-0.25, -0.2) is 8.78 Å². The summed E-state index contributed by atoms with van der Waals surface area (Å²) >= 11 is 0. The molecule has 0 fully saturated rings. The van der Waals surface area contributed by atoms with Gasteiger partial charge in [0.1, 0.15) is 11.6 Å². The summed E-state index contributed by atoms with van der Waals surface area (Å²) in [5.74, 6) is -1.05. The fourth-order valence-electron chi connectivity index (χ4n) is 2.49. The van der Waals surface area contributed by atoms with Crippen molar-refractivity contribution in [3.8, 4) is 0 Å². The van der Waals surface area contributed by atoms with Crippen molar-refractivity contribution >= 4 is 0 Å². The number of aryl methyl sites for hydroxylation is 2. The topological polar surface area (TPSA) is 24.9 Å². The van der Waals surface area contributed by atoms with Gasteiger partial charge in [-0.05, 0) is 43.1 Å². The quantitative estimate of drug-likeness (QED) is 0.902. The van der Waals surface area contributed by atoms with Crippen molar-refractivity contribution in [3.05, 3.63) is 64.5 Å². The van der Waals surface area contributed by atoms with Crippen LogP contribution in [0.3, 0.4) is 0 Å². The zero-order valence-electron chi connectivity index (χ0n) is 12.6. The molecule has 0 spiro atoms. The van der Waals surface area contributed by atoms with Crippen molar-refractivity contribution < 1.29 is 8.78 Å². The molecular weight excluding hydrogens is 270 g/mol. The number of benzene rings is 1. The van der Waals surface area contributed by atoms with Crippen LogP contribution in [0, 0.1) is 18.6 Å². The Bertz CT molecular complexity index is 626. The van der Waals surface area contributed by atoms with Gasteiger partial charge in [-0.2, -0.15) is 0 Å². The lowest BCUT2D eigenvalue weighted by molar-refractivity contribution is 0.500. The van der Waals surface area contributed by atoms with E-state index in [1.165, 1.54) is 12.1 Å². The first-order chi connectivity index (χ1) is 10.1. The van der Waals surface area contributed by atoms with Crippen LogP contribution in [0.1, 0.15) is 42.3 Å². The summed E-state index contributed by atoms with van der Waals surface area (Å²) < 4.78 is 28.7. The van der Waals surface area contributed by atoms with Gasteiger partial charge >= 0.3 is 0 Å². The molecule has 1 unspecified atom stereocenters. The molecule has 112 valence electrons. The highest BCUT2D eigenvalue weighted by Crippen LogP contribution is 2.29. The second kappa shape index (κ2) is 6.76. The van der Waals surface area contributed by atoms with E-state index in [1.54, 1.807) is 13.1 Å². The number of hydrogen-bond donors (Lipinski definition) is 1. The molecule has 0 aliphatic heterocycles. The van der Waals surface area contributed by atoms with Crippen LogP contribution in [0.15, 0.2) is 30.5 Å². The standard InChI is InChI=1S/C17H20F2N2/c1-4-12-7-6-10-21-16(12)17(20-5-2)14-13(18)9-8-11(3)15(14)19/h6-10,17,20H,4-5H2,1-3H3. The number of nitrogens with one attached hydrogen (secondary N) is 1. The first-order valence-electron chi connectivity index (χ1n) is 7.21. The lowest BCUT2D eigenvalue weighted by Crippen LogP contribution is -2.26. The van der Waals surface area contributed by atoms with Crippen LogP contribution < -0.4 is 5.32 Å². The largest absolute Gasteiger partial charge is 0.305 e. The summed E-state index contributed by atoms with van der Waals surface area (Å²) in [7, 11) is 0. The molecule has 1 N–H and O–H groups in total. The molecule has 0 radical (unpaired) electrons. The van der Waals surface area contributed by atoms with E-state index < -0.39 is 17.7 Å². The maximum Gasteiger partial charge on any atom is 0.134 e. The SMILES string of the molecule is CCNC(c1ncccc1CC)c1c(F)ccc(C)c1F. The predicted molar refractivity (Wildman–Crippen MR) is 80.2 cm³/mol. The number of rotatable bonds is 5. The Labute approximate surface area is 124 Å². The lowest BCUT2D eigenvalue weighted by atomic mass is 9.95. The minimum absolute atomic E-state index is 0.0465. The lowest BCUT2D eigenvalue weighted by Gasteiger charge is -2.22. The highest BCUT2D eigenvalue weighted by molar-refractivity contribution is 5.37. The van der Waals surface area contributed by atoms with Crippen LogP contribution in [0.4, 0.5) is 8.78 Å². The average molecular weight is 290 g/mol. The van der Waals surface area contributed by atoms with Crippen LogP contribution >= 0.6 is 0 Å². The normalized spacial score (nSPS) is 12.4.